The van der Waals surface area contributed by atoms with E-state index in [4.69, 9.17) is 0 Å². The Bertz CT molecular complexity index is 784. The Morgan fingerprint density at radius 2 is 1.77 bits per heavy atom. The van der Waals surface area contributed by atoms with Crippen LogP contribution in [0.25, 0.3) is 0 Å². The zero-order chi connectivity index (χ0) is 22.8. The largest absolute Gasteiger partial charge is 0.393 e. The molecular formula is C27H42O4. The van der Waals surface area contributed by atoms with Crippen LogP contribution in [0.3, 0.4) is 0 Å². The van der Waals surface area contributed by atoms with E-state index >= 15 is 0 Å². The Morgan fingerprint density at radius 3 is 2.45 bits per heavy atom. The number of hydrogen-bond donors (Lipinski definition) is 2. The van der Waals surface area contributed by atoms with Gasteiger partial charge in [-0.1, -0.05) is 34.6 Å². The molecule has 174 valence electrons. The van der Waals surface area contributed by atoms with Crippen molar-refractivity contribution in [2.24, 2.45) is 40.4 Å². The normalized spacial score (nSPS) is 45.5. The molecule has 4 aliphatic carbocycles. The average molecular weight is 431 g/mol. The van der Waals surface area contributed by atoms with E-state index in [2.05, 4.69) is 34.6 Å². The lowest BCUT2D eigenvalue weighted by Gasteiger charge is -2.61. The van der Waals surface area contributed by atoms with E-state index in [1.54, 1.807) is 6.08 Å². The third-order valence-corrected chi connectivity index (χ3v) is 10.0. The summed E-state index contributed by atoms with van der Waals surface area (Å²) in [7, 11) is 0. The summed E-state index contributed by atoms with van der Waals surface area (Å²) in [5.41, 5.74) is -0.412. The Labute approximate surface area is 187 Å². The predicted octanol–water partition coefficient (Wildman–Crippen LogP) is 4.86. The first-order valence-electron chi connectivity index (χ1n) is 12.6. The lowest BCUT2D eigenvalue weighted by molar-refractivity contribution is -0.166. The van der Waals surface area contributed by atoms with Gasteiger partial charge in [0.1, 0.15) is 5.78 Å². The molecule has 4 rings (SSSR count). The van der Waals surface area contributed by atoms with Crippen LogP contribution in [0, 0.1) is 40.4 Å². The summed E-state index contributed by atoms with van der Waals surface area (Å²) in [5, 5.41) is 22.3. The first-order chi connectivity index (χ1) is 14.4. The van der Waals surface area contributed by atoms with Gasteiger partial charge in [0.15, 0.2) is 5.78 Å². The molecule has 31 heavy (non-hydrogen) atoms. The highest BCUT2D eigenvalue weighted by atomic mass is 16.3. The van der Waals surface area contributed by atoms with Crippen molar-refractivity contribution in [2.45, 2.75) is 104 Å². The molecule has 0 radical (unpaired) electrons. The Balaban J connectivity index is 1.61. The maximum Gasteiger partial charge on any atom is 0.159 e. The molecule has 2 N–H and O–H groups in total. The van der Waals surface area contributed by atoms with Crippen molar-refractivity contribution in [3.63, 3.8) is 0 Å². The number of hydrogen-bond acceptors (Lipinski definition) is 4. The summed E-state index contributed by atoms with van der Waals surface area (Å²) in [6.45, 7) is 10.9. The van der Waals surface area contributed by atoms with Crippen molar-refractivity contribution >= 4 is 11.6 Å². The molecule has 0 amide bonds. The van der Waals surface area contributed by atoms with Gasteiger partial charge in [0, 0.05) is 24.2 Å². The van der Waals surface area contributed by atoms with E-state index in [1.807, 2.05) is 0 Å². The number of aliphatic hydroxyl groups is 2. The van der Waals surface area contributed by atoms with E-state index in [-0.39, 0.29) is 23.0 Å². The number of aliphatic hydroxyl groups excluding tert-OH is 1. The van der Waals surface area contributed by atoms with Crippen LogP contribution in [0.4, 0.5) is 0 Å². The predicted molar refractivity (Wildman–Crippen MR) is 121 cm³/mol. The van der Waals surface area contributed by atoms with Gasteiger partial charge in [-0.25, -0.2) is 0 Å². The van der Waals surface area contributed by atoms with Crippen molar-refractivity contribution < 1.29 is 19.8 Å². The van der Waals surface area contributed by atoms with Crippen LogP contribution < -0.4 is 0 Å². The molecule has 0 saturated heterocycles. The molecule has 0 spiro atoms. The summed E-state index contributed by atoms with van der Waals surface area (Å²) in [6, 6.07) is 0. The van der Waals surface area contributed by atoms with Crippen LogP contribution in [0.1, 0.15) is 92.4 Å². The molecule has 0 aromatic heterocycles. The second-order valence-corrected chi connectivity index (χ2v) is 12.3. The van der Waals surface area contributed by atoms with Crippen LogP contribution >= 0.6 is 0 Å². The molecule has 0 bridgehead atoms. The first kappa shape index (κ1) is 23.2. The van der Waals surface area contributed by atoms with Crippen LogP contribution in [0.15, 0.2) is 11.6 Å². The second-order valence-electron chi connectivity index (χ2n) is 12.3. The minimum absolute atomic E-state index is 0.0350. The fourth-order valence-electron chi connectivity index (χ4n) is 8.30. The van der Waals surface area contributed by atoms with Crippen LogP contribution in [0.2, 0.25) is 0 Å². The second kappa shape index (κ2) is 7.80. The van der Waals surface area contributed by atoms with Crippen molar-refractivity contribution in [2.75, 3.05) is 0 Å². The van der Waals surface area contributed by atoms with Gasteiger partial charge in [-0.15, -0.1) is 0 Å². The smallest absolute Gasteiger partial charge is 0.159 e. The number of fused-ring (bicyclic) bond motifs is 5. The lowest BCUT2D eigenvalue weighted by Crippen LogP contribution is -2.63. The third-order valence-electron chi connectivity index (χ3n) is 10.0. The molecule has 4 aliphatic rings. The van der Waals surface area contributed by atoms with Crippen molar-refractivity contribution in [1.29, 1.82) is 0 Å². The maximum absolute atomic E-state index is 13.2. The minimum Gasteiger partial charge on any atom is -0.393 e. The molecule has 3 saturated carbocycles. The van der Waals surface area contributed by atoms with E-state index in [0.717, 1.165) is 24.8 Å². The van der Waals surface area contributed by atoms with Gasteiger partial charge >= 0.3 is 0 Å². The summed E-state index contributed by atoms with van der Waals surface area (Å²) < 4.78 is 0. The standard InChI is InChI=1S/C27H42O4/c1-16(2)12-19(29)13-17(3)20-6-7-21-22-15-24(30)23-14-18(28)8-9-26(23,5)27(22,31)11-10-25(20,21)4/h15-18,20-21,23,28,31H,6-14H2,1-5H3. The molecule has 0 aromatic rings. The van der Waals surface area contributed by atoms with Gasteiger partial charge in [-0.05, 0) is 85.7 Å². The third kappa shape index (κ3) is 3.47. The first-order valence-corrected chi connectivity index (χ1v) is 12.6. The van der Waals surface area contributed by atoms with E-state index in [1.165, 1.54) is 0 Å². The van der Waals surface area contributed by atoms with Crippen molar-refractivity contribution in [3.05, 3.63) is 11.6 Å². The highest BCUT2D eigenvalue weighted by Crippen LogP contribution is 2.67. The van der Waals surface area contributed by atoms with Crippen LogP contribution in [-0.2, 0) is 9.59 Å². The van der Waals surface area contributed by atoms with Gasteiger partial charge < -0.3 is 10.2 Å². The summed E-state index contributed by atoms with van der Waals surface area (Å²) in [4.78, 5) is 25.7. The van der Waals surface area contributed by atoms with Crippen molar-refractivity contribution in [1.82, 2.24) is 0 Å². The molecule has 4 nitrogen and oxygen atoms in total. The van der Waals surface area contributed by atoms with Gasteiger partial charge in [0.2, 0.25) is 0 Å². The number of carbonyl (C=O) groups excluding carboxylic acids is 2. The Hall–Kier alpha value is -1.00. The average Bonchev–Trinajstić information content (AvgIpc) is 3.02. The highest BCUT2D eigenvalue weighted by molar-refractivity contribution is 5.95. The zero-order valence-electron chi connectivity index (χ0n) is 20.1. The van der Waals surface area contributed by atoms with Crippen LogP contribution in [-0.4, -0.2) is 33.5 Å². The fraction of sp³-hybridized carbons (Fsp3) is 0.852. The molecule has 0 aliphatic heterocycles. The number of carbonyl (C=O) groups is 2. The quantitative estimate of drug-likeness (QED) is 0.653. The molecule has 0 aromatic carbocycles. The minimum atomic E-state index is -0.943. The van der Waals surface area contributed by atoms with E-state index in [9.17, 15) is 19.8 Å². The summed E-state index contributed by atoms with van der Waals surface area (Å²) in [6.07, 6.45) is 8.17. The topological polar surface area (TPSA) is 74.6 Å². The monoisotopic (exact) mass is 430 g/mol. The van der Waals surface area contributed by atoms with Gasteiger partial charge in [-0.3, -0.25) is 9.59 Å². The number of ketones is 2. The Kier molecular flexibility index (Phi) is 5.83. The van der Waals surface area contributed by atoms with Gasteiger partial charge in [0.25, 0.3) is 0 Å². The van der Waals surface area contributed by atoms with Gasteiger partial charge in [-0.2, -0.15) is 0 Å². The lowest BCUT2D eigenvalue weighted by atomic mass is 9.45. The van der Waals surface area contributed by atoms with E-state index in [0.29, 0.717) is 62.1 Å². The Morgan fingerprint density at radius 1 is 1.06 bits per heavy atom. The fourth-order valence-corrected chi connectivity index (χ4v) is 8.30. The molecular weight excluding hydrogens is 388 g/mol. The highest BCUT2D eigenvalue weighted by Gasteiger charge is 2.66. The molecule has 0 heterocycles. The number of Topliss-reactive ketones (excluding diaryl/α,β-unsaturated/α-hetero) is 1. The summed E-state index contributed by atoms with van der Waals surface area (Å²) in [5.74, 6) is 1.59. The number of rotatable bonds is 5. The zero-order valence-corrected chi connectivity index (χ0v) is 20.1. The molecule has 4 heteroatoms. The van der Waals surface area contributed by atoms with Crippen molar-refractivity contribution in [3.8, 4) is 0 Å². The molecule has 8 unspecified atom stereocenters. The molecule has 3 fully saturated rings. The maximum atomic E-state index is 13.2. The van der Waals surface area contributed by atoms with Gasteiger partial charge in [0.05, 0.1) is 11.7 Å². The van der Waals surface area contributed by atoms with E-state index < -0.39 is 17.1 Å². The summed E-state index contributed by atoms with van der Waals surface area (Å²) >= 11 is 0. The number of allylic oxidation sites excluding steroid dienone is 1. The van der Waals surface area contributed by atoms with Crippen LogP contribution in [0.5, 0.6) is 0 Å². The SMILES string of the molecule is CC(C)CC(=O)CC(C)C1CCC2C3=CC(=O)C4CC(O)CCC4(C)C3(O)CCC21C. The molecule has 8 atom stereocenters.